The lowest BCUT2D eigenvalue weighted by Gasteiger charge is -2.32. The molecular formula is C29H26N4O2. The van der Waals surface area contributed by atoms with Crippen molar-refractivity contribution in [2.45, 2.75) is 25.2 Å². The molecular weight excluding hydrogens is 436 g/mol. The number of carbonyl (C=O) groups is 2. The van der Waals surface area contributed by atoms with E-state index in [2.05, 4.69) is 33.7 Å². The smallest absolute Gasteiger partial charge is 0.245 e. The number of carbonyl (C=O) groups excluding carboxylic acids is 2. The number of nitrogens with zero attached hydrogens (tertiary/aromatic N) is 4. The van der Waals surface area contributed by atoms with Gasteiger partial charge in [0.2, 0.25) is 5.91 Å². The van der Waals surface area contributed by atoms with Gasteiger partial charge in [0, 0.05) is 48.0 Å². The van der Waals surface area contributed by atoms with E-state index < -0.39 is 0 Å². The highest BCUT2D eigenvalue weighted by Gasteiger charge is 2.25. The monoisotopic (exact) mass is 462 g/mol. The van der Waals surface area contributed by atoms with Gasteiger partial charge in [0.15, 0.2) is 5.78 Å². The number of fused-ring (bicyclic) bond motifs is 1. The van der Waals surface area contributed by atoms with Crippen molar-refractivity contribution >= 4 is 22.6 Å². The summed E-state index contributed by atoms with van der Waals surface area (Å²) in [6, 6.07) is 17.5. The summed E-state index contributed by atoms with van der Waals surface area (Å²) in [4.78, 5) is 39.9. The Morgan fingerprint density at radius 2 is 1.91 bits per heavy atom. The highest BCUT2D eigenvalue weighted by atomic mass is 16.2. The largest absolute Gasteiger partial charge is 0.339 e. The van der Waals surface area contributed by atoms with Crippen LogP contribution in [0.3, 0.4) is 0 Å². The molecule has 4 aromatic rings. The second kappa shape index (κ2) is 9.97. The van der Waals surface area contributed by atoms with Crippen LogP contribution in [0.25, 0.3) is 22.0 Å². The molecule has 1 unspecified atom stereocenters. The average Bonchev–Trinajstić information content (AvgIpc) is 2.92. The molecule has 1 atom stereocenters. The molecule has 2 aromatic carbocycles. The zero-order chi connectivity index (χ0) is 24.2. The molecule has 5 rings (SSSR count). The number of likely N-dealkylation sites (tertiary alicyclic amines) is 1. The molecule has 0 aliphatic carbocycles. The van der Waals surface area contributed by atoms with Gasteiger partial charge in [-0.2, -0.15) is 0 Å². The maximum Gasteiger partial charge on any atom is 0.245 e. The first-order valence-corrected chi connectivity index (χ1v) is 11.8. The quantitative estimate of drug-likeness (QED) is 0.297. The summed E-state index contributed by atoms with van der Waals surface area (Å²) in [5, 5.41) is 0.963. The van der Waals surface area contributed by atoms with Crippen LogP contribution in [0, 0.1) is 0 Å². The fourth-order valence-corrected chi connectivity index (χ4v) is 4.84. The van der Waals surface area contributed by atoms with Crippen molar-refractivity contribution < 1.29 is 9.59 Å². The van der Waals surface area contributed by atoms with E-state index in [0.717, 1.165) is 52.7 Å². The van der Waals surface area contributed by atoms with Gasteiger partial charge >= 0.3 is 0 Å². The number of benzene rings is 2. The van der Waals surface area contributed by atoms with E-state index in [1.165, 1.54) is 6.08 Å². The van der Waals surface area contributed by atoms with Crippen molar-refractivity contribution in [1.82, 2.24) is 19.9 Å². The second-order valence-corrected chi connectivity index (χ2v) is 8.81. The summed E-state index contributed by atoms with van der Waals surface area (Å²) in [5.41, 5.74) is 5.48. The van der Waals surface area contributed by atoms with Crippen LogP contribution in [-0.2, 0) is 11.2 Å². The minimum atomic E-state index is -0.0251. The van der Waals surface area contributed by atoms with Crippen molar-refractivity contribution in [3.8, 4) is 11.1 Å². The number of rotatable bonds is 6. The summed E-state index contributed by atoms with van der Waals surface area (Å²) < 4.78 is 0. The second-order valence-electron chi connectivity index (χ2n) is 8.81. The fourth-order valence-electron chi connectivity index (χ4n) is 4.84. The highest BCUT2D eigenvalue weighted by Crippen LogP contribution is 2.36. The number of hydrogen-bond donors (Lipinski definition) is 0. The van der Waals surface area contributed by atoms with E-state index in [9.17, 15) is 9.59 Å². The lowest BCUT2D eigenvalue weighted by Crippen LogP contribution is -2.38. The Hall–Kier alpha value is -4.19. The van der Waals surface area contributed by atoms with Gasteiger partial charge in [-0.05, 0) is 47.7 Å². The number of ketones is 1. The third-order valence-corrected chi connectivity index (χ3v) is 6.64. The zero-order valence-corrected chi connectivity index (χ0v) is 19.4. The van der Waals surface area contributed by atoms with E-state index in [1.54, 1.807) is 12.5 Å². The normalized spacial score (nSPS) is 15.7. The van der Waals surface area contributed by atoms with Crippen LogP contribution in [0.2, 0.25) is 0 Å². The van der Waals surface area contributed by atoms with Crippen LogP contribution < -0.4 is 0 Å². The van der Waals surface area contributed by atoms with Gasteiger partial charge in [0.05, 0.1) is 11.9 Å². The molecule has 0 saturated carbocycles. The van der Waals surface area contributed by atoms with Crippen molar-refractivity contribution in [2.24, 2.45) is 0 Å². The summed E-state index contributed by atoms with van der Waals surface area (Å²) in [6.45, 7) is 5.06. The topological polar surface area (TPSA) is 76.1 Å². The number of aromatic nitrogens is 3. The molecule has 6 heteroatoms. The summed E-state index contributed by atoms with van der Waals surface area (Å²) in [5.74, 6) is 0.225. The van der Waals surface area contributed by atoms with E-state index in [0.29, 0.717) is 12.1 Å². The van der Waals surface area contributed by atoms with Gasteiger partial charge in [0.25, 0.3) is 0 Å². The molecule has 0 spiro atoms. The Balaban J connectivity index is 1.43. The Labute approximate surface area is 204 Å². The van der Waals surface area contributed by atoms with Gasteiger partial charge in [-0.3, -0.25) is 14.6 Å². The molecule has 0 bridgehead atoms. The third kappa shape index (κ3) is 4.73. The Morgan fingerprint density at radius 3 is 2.69 bits per heavy atom. The number of pyridine rings is 1. The predicted molar refractivity (Wildman–Crippen MR) is 136 cm³/mol. The van der Waals surface area contributed by atoms with E-state index >= 15 is 0 Å². The molecule has 1 amide bonds. The molecule has 0 N–H and O–H groups in total. The first-order valence-electron chi connectivity index (χ1n) is 11.8. The SMILES string of the molecule is C=CC(=O)N1CCCC(c2ccc(-c3ccc(C(=O)Cc4ccccn4)cc3)c3cncnc23)C1. The minimum absolute atomic E-state index is 0.0251. The number of Topliss-reactive ketones (excluding diaryl/α,β-unsaturated/α-hetero) is 1. The number of amides is 1. The van der Waals surface area contributed by atoms with Crippen molar-refractivity contribution in [2.75, 3.05) is 13.1 Å². The molecule has 0 radical (unpaired) electrons. The average molecular weight is 463 g/mol. The number of hydrogen-bond acceptors (Lipinski definition) is 5. The van der Waals surface area contributed by atoms with E-state index in [-0.39, 0.29) is 24.0 Å². The van der Waals surface area contributed by atoms with Crippen molar-refractivity contribution in [3.63, 3.8) is 0 Å². The number of piperidine rings is 1. The van der Waals surface area contributed by atoms with Gasteiger partial charge in [-0.1, -0.05) is 49.0 Å². The molecule has 35 heavy (non-hydrogen) atoms. The van der Waals surface area contributed by atoms with Crippen LogP contribution in [0.15, 0.2) is 86.0 Å². The molecule has 1 aliphatic rings. The molecule has 1 aliphatic heterocycles. The van der Waals surface area contributed by atoms with Gasteiger partial charge in [-0.25, -0.2) is 9.97 Å². The van der Waals surface area contributed by atoms with E-state index in [1.807, 2.05) is 53.6 Å². The molecule has 1 saturated heterocycles. The first kappa shape index (κ1) is 22.6. The Kier molecular flexibility index (Phi) is 6.44. The predicted octanol–water partition coefficient (Wildman–Crippen LogP) is 5.01. The van der Waals surface area contributed by atoms with Crippen LogP contribution in [0.4, 0.5) is 0 Å². The molecule has 174 valence electrons. The van der Waals surface area contributed by atoms with E-state index in [4.69, 9.17) is 0 Å². The highest BCUT2D eigenvalue weighted by molar-refractivity contribution is 5.99. The van der Waals surface area contributed by atoms with Crippen molar-refractivity contribution in [1.29, 1.82) is 0 Å². The summed E-state index contributed by atoms with van der Waals surface area (Å²) >= 11 is 0. The zero-order valence-electron chi connectivity index (χ0n) is 19.4. The fraction of sp³-hybridized carbons (Fsp3) is 0.207. The summed E-state index contributed by atoms with van der Waals surface area (Å²) in [7, 11) is 0. The molecule has 6 nitrogen and oxygen atoms in total. The van der Waals surface area contributed by atoms with Crippen LogP contribution >= 0.6 is 0 Å². The van der Waals surface area contributed by atoms with Gasteiger partial charge in [-0.15, -0.1) is 0 Å². The first-order chi connectivity index (χ1) is 17.1. The Bertz CT molecular complexity index is 1380. The summed E-state index contributed by atoms with van der Waals surface area (Å²) in [6.07, 6.45) is 8.74. The van der Waals surface area contributed by atoms with Gasteiger partial charge in [0.1, 0.15) is 6.33 Å². The lowest BCUT2D eigenvalue weighted by molar-refractivity contribution is -0.127. The maximum absolute atomic E-state index is 12.7. The maximum atomic E-state index is 12.7. The molecule has 2 aromatic heterocycles. The van der Waals surface area contributed by atoms with Crippen LogP contribution in [0.5, 0.6) is 0 Å². The lowest BCUT2D eigenvalue weighted by atomic mass is 9.87. The molecule has 3 heterocycles. The standard InChI is InChI=1S/C29H26N4O2/c1-2-28(35)33-15-5-6-22(18-33)25-13-12-24(26-17-30-19-32-29(25)26)20-8-10-21(11-9-20)27(34)16-23-7-3-4-14-31-23/h2-4,7-14,17,19,22H,1,5-6,15-16,18H2. The van der Waals surface area contributed by atoms with Crippen LogP contribution in [-0.4, -0.2) is 44.6 Å². The minimum Gasteiger partial charge on any atom is -0.339 e. The van der Waals surface area contributed by atoms with Crippen LogP contribution in [0.1, 0.15) is 40.4 Å². The van der Waals surface area contributed by atoms with Gasteiger partial charge < -0.3 is 4.90 Å². The molecule has 1 fully saturated rings. The van der Waals surface area contributed by atoms with Crippen molar-refractivity contribution in [3.05, 3.63) is 103 Å². The Morgan fingerprint density at radius 1 is 1.06 bits per heavy atom. The third-order valence-electron chi connectivity index (χ3n) is 6.64.